The lowest BCUT2D eigenvalue weighted by Crippen LogP contribution is -2.20. The number of nitrogens with one attached hydrogen (secondary N) is 3. The number of nitrogens with zero attached hydrogens (tertiary/aromatic N) is 4. The lowest BCUT2D eigenvalue weighted by molar-refractivity contribution is -0.117. The molecule has 170 valence electrons. The summed E-state index contributed by atoms with van der Waals surface area (Å²) < 4.78 is 29.7. The number of methoxy groups -OCH3 is 1. The predicted octanol–water partition coefficient (Wildman–Crippen LogP) is 3.14. The molecule has 33 heavy (non-hydrogen) atoms. The summed E-state index contributed by atoms with van der Waals surface area (Å²) >= 11 is 0. The van der Waals surface area contributed by atoms with Gasteiger partial charge in [-0.25, -0.2) is 14.6 Å². The number of rotatable bonds is 8. The molecule has 0 spiro atoms. The minimum Gasteiger partial charge on any atom is -0.494 e. The van der Waals surface area contributed by atoms with Crippen molar-refractivity contribution in [3.05, 3.63) is 42.4 Å². The molecule has 0 atom stereocenters. The number of hydrogen-bond donors (Lipinski definition) is 3. The lowest BCUT2D eigenvalue weighted by atomic mass is 10.1. The van der Waals surface area contributed by atoms with Crippen LogP contribution in [-0.2, 0) is 4.79 Å². The Hall–Kier alpha value is -3.95. The van der Waals surface area contributed by atoms with Gasteiger partial charge in [0, 0.05) is 29.3 Å². The smallest absolute Gasteiger partial charge is 0.254 e. The lowest BCUT2D eigenvalue weighted by Gasteiger charge is -2.16. The molecule has 2 aromatic heterocycles. The second-order valence-corrected chi connectivity index (χ2v) is 8.12. The third kappa shape index (κ3) is 4.36. The van der Waals surface area contributed by atoms with E-state index >= 15 is 0 Å². The average Bonchev–Trinajstić information content (AvgIpc) is 3.76. The monoisotopic (exact) mass is 450 g/mol. The largest absolute Gasteiger partial charge is 0.494 e. The Bertz CT molecular complexity index is 1320. The van der Waals surface area contributed by atoms with Crippen LogP contribution < -0.4 is 20.7 Å². The highest BCUT2D eigenvalue weighted by Crippen LogP contribution is 2.39. The maximum atomic E-state index is 12.7. The fourth-order valence-electron chi connectivity index (χ4n) is 3.54. The van der Waals surface area contributed by atoms with E-state index in [1.807, 2.05) is 16.1 Å². The molecule has 2 saturated carbocycles. The number of ether oxygens (including phenoxy) is 1. The minimum absolute atomic E-state index is 0.0147. The van der Waals surface area contributed by atoms with Crippen molar-refractivity contribution in [1.29, 1.82) is 0 Å². The standard InChI is InChI=1S/C23H25N7O3/c1-24-23(32)16-11-25-19(28-22(31)13-6-7-13)10-18(16)27-17-5-3-4-15(20(17)33-2)21-26-12-30(29-21)14-8-9-14/h3-5,10-14H,6-9H2,1-2H3,(H,24,32)(H2,25,27,28,31)/i1D3. The number of anilines is 3. The van der Waals surface area contributed by atoms with Crippen molar-refractivity contribution >= 4 is 29.0 Å². The molecule has 0 unspecified atom stereocenters. The summed E-state index contributed by atoms with van der Waals surface area (Å²) in [5.41, 5.74) is 1.36. The second-order valence-electron chi connectivity index (χ2n) is 8.12. The molecule has 0 aliphatic heterocycles. The van der Waals surface area contributed by atoms with Crippen LogP contribution in [0.5, 0.6) is 5.75 Å². The maximum Gasteiger partial charge on any atom is 0.254 e. The third-order valence-electron chi connectivity index (χ3n) is 5.62. The quantitative estimate of drug-likeness (QED) is 0.482. The number of amides is 2. The van der Waals surface area contributed by atoms with E-state index < -0.39 is 12.9 Å². The summed E-state index contributed by atoms with van der Waals surface area (Å²) in [5.74, 6) is 0.139. The molecule has 2 heterocycles. The fourth-order valence-corrected chi connectivity index (χ4v) is 3.54. The van der Waals surface area contributed by atoms with Crippen molar-refractivity contribution in [2.24, 2.45) is 5.92 Å². The molecular formula is C23H25N7O3. The second kappa shape index (κ2) is 8.53. The van der Waals surface area contributed by atoms with Gasteiger partial charge in [-0.1, -0.05) is 6.07 Å². The van der Waals surface area contributed by atoms with Crippen LogP contribution in [0.15, 0.2) is 36.8 Å². The van der Waals surface area contributed by atoms with Crippen LogP contribution in [0.4, 0.5) is 17.2 Å². The highest BCUT2D eigenvalue weighted by molar-refractivity contribution is 6.01. The summed E-state index contributed by atoms with van der Waals surface area (Å²) in [6, 6.07) is 7.22. The molecule has 2 fully saturated rings. The molecule has 2 aliphatic rings. The van der Waals surface area contributed by atoms with E-state index in [2.05, 4.69) is 25.7 Å². The fraction of sp³-hybridized carbons (Fsp3) is 0.348. The van der Waals surface area contributed by atoms with Crippen molar-refractivity contribution in [3.63, 3.8) is 0 Å². The topological polar surface area (TPSA) is 123 Å². The minimum atomic E-state index is -2.68. The van der Waals surface area contributed by atoms with Crippen LogP contribution in [0.25, 0.3) is 11.4 Å². The van der Waals surface area contributed by atoms with E-state index in [1.165, 1.54) is 19.4 Å². The summed E-state index contributed by atoms with van der Waals surface area (Å²) in [4.78, 5) is 33.6. The number of hydrogen-bond acceptors (Lipinski definition) is 7. The molecule has 0 saturated heterocycles. The normalized spacial score (nSPS) is 16.8. The van der Waals surface area contributed by atoms with Gasteiger partial charge in [-0.15, -0.1) is 0 Å². The molecule has 5 rings (SSSR count). The van der Waals surface area contributed by atoms with Crippen LogP contribution in [0.1, 0.15) is 46.2 Å². The Morgan fingerprint density at radius 1 is 1.18 bits per heavy atom. The van der Waals surface area contributed by atoms with Crippen LogP contribution in [0.2, 0.25) is 0 Å². The summed E-state index contributed by atoms with van der Waals surface area (Å²) in [6.07, 6.45) is 6.71. The van der Waals surface area contributed by atoms with Gasteiger partial charge in [0.15, 0.2) is 11.6 Å². The summed E-state index contributed by atoms with van der Waals surface area (Å²) in [5, 5.41) is 12.4. The highest BCUT2D eigenvalue weighted by Gasteiger charge is 2.30. The summed E-state index contributed by atoms with van der Waals surface area (Å²) in [6.45, 7) is -2.68. The highest BCUT2D eigenvalue weighted by atomic mass is 16.5. The zero-order valence-electron chi connectivity index (χ0n) is 21.0. The van der Waals surface area contributed by atoms with Gasteiger partial charge in [0.2, 0.25) is 5.91 Å². The first kappa shape index (κ1) is 17.6. The number of carbonyl (C=O) groups excluding carboxylic acids is 2. The van der Waals surface area contributed by atoms with E-state index in [-0.39, 0.29) is 28.9 Å². The molecule has 1 aromatic carbocycles. The van der Waals surface area contributed by atoms with Gasteiger partial charge >= 0.3 is 0 Å². The van der Waals surface area contributed by atoms with Gasteiger partial charge in [-0.2, -0.15) is 5.10 Å². The van der Waals surface area contributed by atoms with Crippen molar-refractivity contribution in [2.45, 2.75) is 31.7 Å². The first-order valence-electron chi connectivity index (χ1n) is 12.2. The van der Waals surface area contributed by atoms with Crippen molar-refractivity contribution in [3.8, 4) is 17.1 Å². The van der Waals surface area contributed by atoms with E-state index in [9.17, 15) is 9.59 Å². The van der Waals surface area contributed by atoms with E-state index in [1.54, 1.807) is 18.5 Å². The Kier molecular flexibility index (Phi) is 4.55. The Morgan fingerprint density at radius 2 is 2.03 bits per heavy atom. The molecule has 10 heteroatoms. The van der Waals surface area contributed by atoms with Crippen LogP contribution in [0, 0.1) is 5.92 Å². The predicted molar refractivity (Wildman–Crippen MR) is 123 cm³/mol. The Balaban J connectivity index is 1.49. The Morgan fingerprint density at radius 3 is 2.76 bits per heavy atom. The van der Waals surface area contributed by atoms with E-state index in [4.69, 9.17) is 8.85 Å². The number of pyridine rings is 1. The van der Waals surface area contributed by atoms with Crippen LogP contribution >= 0.6 is 0 Å². The van der Waals surface area contributed by atoms with Crippen LogP contribution in [0.3, 0.4) is 0 Å². The SMILES string of the molecule is [2H]C([2H])([2H])NC(=O)c1cnc(NC(=O)C2CC2)cc1Nc1cccc(-c2ncn(C3CC3)n2)c1OC. The molecule has 10 nitrogen and oxygen atoms in total. The molecular weight excluding hydrogens is 422 g/mol. The molecule has 0 radical (unpaired) electrons. The molecule has 3 aromatic rings. The number of aromatic nitrogens is 4. The van der Waals surface area contributed by atoms with Gasteiger partial charge in [-0.3, -0.25) is 9.59 Å². The van der Waals surface area contributed by atoms with Crippen molar-refractivity contribution < 1.29 is 18.4 Å². The maximum absolute atomic E-state index is 12.7. The molecule has 0 bridgehead atoms. The van der Waals surface area contributed by atoms with Crippen LogP contribution in [-0.4, -0.2) is 45.6 Å². The van der Waals surface area contributed by atoms with Gasteiger partial charge < -0.3 is 20.7 Å². The van der Waals surface area contributed by atoms with E-state index in [0.29, 0.717) is 28.9 Å². The van der Waals surface area contributed by atoms with Crippen molar-refractivity contribution in [1.82, 2.24) is 25.1 Å². The summed E-state index contributed by atoms with van der Waals surface area (Å²) in [7, 11) is 1.51. The van der Waals surface area contributed by atoms with E-state index in [0.717, 1.165) is 25.7 Å². The van der Waals surface area contributed by atoms with Gasteiger partial charge in [0.1, 0.15) is 12.1 Å². The zero-order chi connectivity index (χ0) is 25.4. The zero-order valence-corrected chi connectivity index (χ0v) is 18.0. The third-order valence-corrected chi connectivity index (χ3v) is 5.62. The first-order valence-corrected chi connectivity index (χ1v) is 10.7. The van der Waals surface area contributed by atoms with Gasteiger partial charge in [0.25, 0.3) is 5.91 Å². The number of carbonyl (C=O) groups is 2. The van der Waals surface area contributed by atoms with Gasteiger partial charge in [0.05, 0.1) is 35.7 Å². The Labute approximate surface area is 195 Å². The molecule has 2 amide bonds. The molecule has 3 N–H and O–H groups in total. The van der Waals surface area contributed by atoms with Crippen molar-refractivity contribution in [2.75, 3.05) is 24.7 Å². The number of para-hydroxylation sites is 1. The molecule has 2 aliphatic carbocycles. The number of benzene rings is 1. The average molecular weight is 451 g/mol. The van der Waals surface area contributed by atoms with Gasteiger partial charge in [-0.05, 0) is 37.8 Å². The first-order chi connectivity index (χ1) is 17.2.